The molecule has 7 nitrogen and oxygen atoms in total. The van der Waals surface area contributed by atoms with Crippen molar-refractivity contribution < 1.29 is 0 Å². The number of nitrogens with one attached hydrogen (secondary N) is 1. The van der Waals surface area contributed by atoms with Crippen LogP contribution in [0.5, 0.6) is 0 Å². The van der Waals surface area contributed by atoms with Gasteiger partial charge in [-0.1, -0.05) is 49.6 Å². The van der Waals surface area contributed by atoms with E-state index >= 15 is 0 Å². The molecular weight excluding hydrogens is 386 g/mol. The van der Waals surface area contributed by atoms with Crippen LogP contribution in [0.3, 0.4) is 0 Å². The van der Waals surface area contributed by atoms with Crippen LogP contribution >= 0.6 is 0 Å². The van der Waals surface area contributed by atoms with Gasteiger partial charge >= 0.3 is 0 Å². The molecule has 31 heavy (non-hydrogen) atoms. The summed E-state index contributed by atoms with van der Waals surface area (Å²) in [5.41, 5.74) is 2.75. The molecule has 0 spiro atoms. The first kappa shape index (κ1) is 21.8. The molecule has 1 saturated heterocycles. The Kier molecular flexibility index (Phi) is 7.57. The lowest BCUT2D eigenvalue weighted by atomic mass is 10.1. The lowest BCUT2D eigenvalue weighted by molar-refractivity contribution is 0.171. The Bertz CT molecular complexity index is 845. The zero-order chi connectivity index (χ0) is 21.5. The number of benzene rings is 1. The largest absolute Gasteiger partial charge is 0.354 e. The topological polar surface area (TPSA) is 61.6 Å². The highest BCUT2D eigenvalue weighted by atomic mass is 15.4. The predicted octanol–water partition coefficient (Wildman–Crippen LogP) is 2.85. The lowest BCUT2D eigenvalue weighted by Gasteiger charge is -2.37. The fourth-order valence-electron chi connectivity index (χ4n) is 4.68. The first-order chi connectivity index (χ1) is 15.2. The number of guanidine groups is 1. The number of hydrogen-bond acceptors (Lipinski definition) is 4. The van der Waals surface area contributed by atoms with Crippen molar-refractivity contribution in [3.63, 3.8) is 0 Å². The Balaban J connectivity index is 1.35. The third-order valence-corrected chi connectivity index (χ3v) is 6.46. The Labute approximate surface area is 186 Å². The van der Waals surface area contributed by atoms with Crippen LogP contribution in [0.15, 0.2) is 35.6 Å². The quantitative estimate of drug-likeness (QED) is 0.548. The number of aromatic nitrogens is 3. The maximum Gasteiger partial charge on any atom is 0.194 e. The molecule has 0 bridgehead atoms. The molecule has 0 unspecified atom stereocenters. The fraction of sp³-hybridized carbons (Fsp3) is 0.625. The molecule has 2 heterocycles. The SMILES string of the molecule is CCc1nncn1CCN=C(NC1CCCC1)N1CCN(Cc2cccc(C)c2)CC1. The Hall–Kier alpha value is -2.41. The van der Waals surface area contributed by atoms with Crippen molar-refractivity contribution in [3.8, 4) is 0 Å². The Morgan fingerprint density at radius 2 is 1.97 bits per heavy atom. The van der Waals surface area contributed by atoms with Crippen molar-refractivity contribution in [1.29, 1.82) is 0 Å². The normalized spacial score (nSPS) is 18.6. The molecule has 4 rings (SSSR count). The molecule has 2 aliphatic rings. The van der Waals surface area contributed by atoms with Crippen molar-refractivity contribution in [2.24, 2.45) is 4.99 Å². The van der Waals surface area contributed by atoms with E-state index in [1.807, 2.05) is 6.33 Å². The van der Waals surface area contributed by atoms with Gasteiger partial charge in [-0.2, -0.15) is 0 Å². The summed E-state index contributed by atoms with van der Waals surface area (Å²) in [6, 6.07) is 9.45. The second-order valence-electron chi connectivity index (χ2n) is 8.88. The first-order valence-electron chi connectivity index (χ1n) is 11.9. The van der Waals surface area contributed by atoms with E-state index in [0.29, 0.717) is 6.04 Å². The van der Waals surface area contributed by atoms with Crippen molar-refractivity contribution in [1.82, 2.24) is 29.9 Å². The highest BCUT2D eigenvalue weighted by molar-refractivity contribution is 5.80. The molecule has 1 aliphatic carbocycles. The monoisotopic (exact) mass is 423 g/mol. The average molecular weight is 424 g/mol. The van der Waals surface area contributed by atoms with Crippen LogP contribution in [-0.4, -0.2) is 69.3 Å². The third-order valence-electron chi connectivity index (χ3n) is 6.46. The summed E-state index contributed by atoms with van der Waals surface area (Å²) < 4.78 is 2.12. The molecule has 2 aromatic rings. The first-order valence-corrected chi connectivity index (χ1v) is 11.9. The van der Waals surface area contributed by atoms with E-state index in [0.717, 1.165) is 64.0 Å². The standard InChI is InChI=1S/C24H37N7/c1-3-23-28-26-19-31(23)12-11-25-24(27-22-9-4-5-10-22)30-15-13-29(14-16-30)18-21-8-6-7-20(2)17-21/h6-8,17,19,22H,3-5,9-16,18H2,1-2H3,(H,25,27). The molecule has 0 amide bonds. The Morgan fingerprint density at radius 3 is 2.71 bits per heavy atom. The molecule has 1 saturated carbocycles. The van der Waals surface area contributed by atoms with Crippen LogP contribution in [0.25, 0.3) is 0 Å². The lowest BCUT2D eigenvalue weighted by Crippen LogP contribution is -2.53. The van der Waals surface area contributed by atoms with Gasteiger partial charge < -0.3 is 14.8 Å². The van der Waals surface area contributed by atoms with Gasteiger partial charge in [0.2, 0.25) is 0 Å². The molecule has 1 aromatic carbocycles. The smallest absolute Gasteiger partial charge is 0.194 e. The highest BCUT2D eigenvalue weighted by Gasteiger charge is 2.23. The molecular formula is C24H37N7. The number of nitrogens with zero attached hydrogens (tertiary/aromatic N) is 6. The molecule has 1 aliphatic heterocycles. The summed E-state index contributed by atoms with van der Waals surface area (Å²) in [5, 5.41) is 12.0. The summed E-state index contributed by atoms with van der Waals surface area (Å²) in [6.45, 7) is 11.1. The maximum absolute atomic E-state index is 5.02. The fourth-order valence-corrected chi connectivity index (χ4v) is 4.68. The van der Waals surface area contributed by atoms with Crippen LogP contribution in [0, 0.1) is 6.92 Å². The second-order valence-corrected chi connectivity index (χ2v) is 8.88. The van der Waals surface area contributed by atoms with E-state index in [-0.39, 0.29) is 0 Å². The number of aliphatic imine (C=N–C) groups is 1. The highest BCUT2D eigenvalue weighted by Crippen LogP contribution is 2.18. The van der Waals surface area contributed by atoms with Crippen molar-refractivity contribution in [2.45, 2.75) is 65.1 Å². The second kappa shape index (κ2) is 10.8. The van der Waals surface area contributed by atoms with Crippen molar-refractivity contribution >= 4 is 5.96 Å². The van der Waals surface area contributed by atoms with E-state index in [1.54, 1.807) is 0 Å². The van der Waals surface area contributed by atoms with Gasteiger partial charge in [-0.25, -0.2) is 0 Å². The average Bonchev–Trinajstić information content (AvgIpc) is 3.45. The number of hydrogen-bond donors (Lipinski definition) is 1. The number of aryl methyl sites for hydroxylation is 2. The molecule has 7 heteroatoms. The third kappa shape index (κ3) is 6.06. The predicted molar refractivity (Wildman–Crippen MR) is 125 cm³/mol. The van der Waals surface area contributed by atoms with Gasteiger partial charge in [-0.3, -0.25) is 9.89 Å². The number of rotatable bonds is 7. The molecule has 0 atom stereocenters. The molecule has 1 N–H and O–H groups in total. The minimum atomic E-state index is 0.574. The van der Waals surface area contributed by atoms with Gasteiger partial charge in [-0.15, -0.1) is 10.2 Å². The van der Waals surface area contributed by atoms with Gasteiger partial charge in [0.05, 0.1) is 6.54 Å². The van der Waals surface area contributed by atoms with Crippen molar-refractivity contribution in [3.05, 3.63) is 47.5 Å². The summed E-state index contributed by atoms with van der Waals surface area (Å²) in [7, 11) is 0. The summed E-state index contributed by atoms with van der Waals surface area (Å²) in [6.07, 6.45) is 7.91. The van der Waals surface area contributed by atoms with Crippen LogP contribution in [0.2, 0.25) is 0 Å². The van der Waals surface area contributed by atoms with Gasteiger partial charge in [-0.05, 0) is 25.3 Å². The minimum Gasteiger partial charge on any atom is -0.354 e. The minimum absolute atomic E-state index is 0.574. The molecule has 2 fully saturated rings. The van der Waals surface area contributed by atoms with E-state index in [9.17, 15) is 0 Å². The van der Waals surface area contributed by atoms with E-state index in [4.69, 9.17) is 4.99 Å². The van der Waals surface area contributed by atoms with Gasteiger partial charge in [0.1, 0.15) is 12.2 Å². The zero-order valence-corrected chi connectivity index (χ0v) is 19.1. The maximum atomic E-state index is 5.02. The van der Waals surface area contributed by atoms with Crippen LogP contribution < -0.4 is 5.32 Å². The van der Waals surface area contributed by atoms with Gasteiger partial charge in [0, 0.05) is 51.7 Å². The van der Waals surface area contributed by atoms with E-state index < -0.39 is 0 Å². The zero-order valence-electron chi connectivity index (χ0n) is 19.1. The molecule has 0 radical (unpaired) electrons. The Morgan fingerprint density at radius 1 is 1.16 bits per heavy atom. The summed E-state index contributed by atoms with van der Waals surface area (Å²) in [5.74, 6) is 2.12. The van der Waals surface area contributed by atoms with Crippen LogP contribution in [-0.2, 0) is 19.5 Å². The van der Waals surface area contributed by atoms with Crippen LogP contribution in [0.1, 0.15) is 49.6 Å². The molecule has 1 aromatic heterocycles. The summed E-state index contributed by atoms with van der Waals surface area (Å²) in [4.78, 5) is 10.0. The van der Waals surface area contributed by atoms with Crippen LogP contribution in [0.4, 0.5) is 0 Å². The van der Waals surface area contributed by atoms with Gasteiger partial charge in [0.25, 0.3) is 0 Å². The van der Waals surface area contributed by atoms with E-state index in [2.05, 4.69) is 68.0 Å². The van der Waals surface area contributed by atoms with E-state index in [1.165, 1.54) is 36.8 Å². The van der Waals surface area contributed by atoms with Gasteiger partial charge in [0.15, 0.2) is 5.96 Å². The number of piperazine rings is 1. The van der Waals surface area contributed by atoms with Crippen molar-refractivity contribution in [2.75, 3.05) is 32.7 Å². The molecule has 168 valence electrons. The summed E-state index contributed by atoms with van der Waals surface area (Å²) >= 11 is 0.